The largest absolute Gasteiger partial charge is 0.472 e. The number of nitrogens with one attached hydrogen (secondary N) is 1. The molecule has 0 aromatic carbocycles. The normalized spacial score (nSPS) is 14.1. The number of phosphoric acid groups is 1. The van der Waals surface area contributed by atoms with Crippen molar-refractivity contribution in [2.75, 3.05) is 19.8 Å². The predicted octanol–water partition coefficient (Wildman–Crippen LogP) is 13.6. The molecule has 0 saturated carbocycles. The molecule has 0 saturated heterocycles. The fourth-order valence-electron chi connectivity index (χ4n) is 7.25. The van der Waals surface area contributed by atoms with Gasteiger partial charge in [-0.1, -0.05) is 231 Å². The van der Waals surface area contributed by atoms with Gasteiger partial charge in [-0.05, 0) is 19.3 Å². The van der Waals surface area contributed by atoms with Crippen LogP contribution in [0.25, 0.3) is 0 Å². The molecule has 0 aliphatic rings. The Labute approximate surface area is 341 Å². The molecule has 1 amide bonds. The van der Waals surface area contributed by atoms with Crippen LogP contribution in [-0.4, -0.2) is 47.8 Å². The average Bonchev–Trinajstić information content (AvgIpc) is 3.17. The molecule has 0 aromatic rings. The number of nitrogens with two attached hydrogens (primary N) is 1. The summed E-state index contributed by atoms with van der Waals surface area (Å²) in [7, 11) is -4.34. The van der Waals surface area contributed by atoms with Crippen LogP contribution in [0.4, 0.5) is 0 Å². The van der Waals surface area contributed by atoms with Gasteiger partial charge in [0.1, 0.15) is 0 Å². The van der Waals surface area contributed by atoms with E-state index in [9.17, 15) is 19.4 Å². The minimum absolute atomic E-state index is 0.0815. The molecule has 0 spiro atoms. The number of amides is 1. The van der Waals surface area contributed by atoms with Gasteiger partial charge in [0.05, 0.1) is 25.4 Å². The maximum atomic E-state index is 12.8. The van der Waals surface area contributed by atoms with Crippen molar-refractivity contribution in [3.05, 3.63) is 12.2 Å². The number of carbonyl (C=O) groups is 1. The van der Waals surface area contributed by atoms with Gasteiger partial charge < -0.3 is 21.1 Å². The molecule has 9 heteroatoms. The molecular weight excluding hydrogens is 707 g/mol. The lowest BCUT2D eigenvalue weighted by atomic mass is 10.0. The number of hydrogen-bond donors (Lipinski definition) is 4. The van der Waals surface area contributed by atoms with Crippen LogP contribution >= 0.6 is 7.82 Å². The maximum absolute atomic E-state index is 12.8. The first-order valence-electron chi connectivity index (χ1n) is 23.8. The number of unbranched alkanes of at least 4 members (excludes halogenated alkanes) is 33. The second-order valence-electron chi connectivity index (χ2n) is 16.3. The number of aliphatic hydroxyl groups is 1. The van der Waals surface area contributed by atoms with E-state index in [1.54, 1.807) is 6.08 Å². The van der Waals surface area contributed by atoms with Gasteiger partial charge in [0.25, 0.3) is 0 Å². The summed E-state index contributed by atoms with van der Waals surface area (Å²) in [5.74, 6) is -0.189. The zero-order chi connectivity index (χ0) is 40.3. The Morgan fingerprint density at radius 2 is 0.927 bits per heavy atom. The Hall–Kier alpha value is -0.760. The molecule has 0 bridgehead atoms. The second kappa shape index (κ2) is 42.8. The van der Waals surface area contributed by atoms with Gasteiger partial charge in [-0.3, -0.25) is 13.8 Å². The third kappa shape index (κ3) is 41.2. The molecule has 0 radical (unpaired) electrons. The van der Waals surface area contributed by atoms with Crippen molar-refractivity contribution in [1.82, 2.24) is 5.32 Å². The Kier molecular flexibility index (Phi) is 42.2. The first-order chi connectivity index (χ1) is 26.9. The van der Waals surface area contributed by atoms with Gasteiger partial charge >= 0.3 is 7.82 Å². The average molecular weight is 801 g/mol. The van der Waals surface area contributed by atoms with Crippen molar-refractivity contribution >= 4 is 13.7 Å². The van der Waals surface area contributed by atoms with Crippen LogP contribution < -0.4 is 11.1 Å². The summed E-state index contributed by atoms with van der Waals surface area (Å²) in [6, 6.07) is -0.854. The van der Waals surface area contributed by atoms with Crippen LogP contribution in [0.5, 0.6) is 0 Å². The minimum atomic E-state index is -4.34. The summed E-state index contributed by atoms with van der Waals surface area (Å²) in [6.07, 6.45) is 48.3. The summed E-state index contributed by atoms with van der Waals surface area (Å²) in [5, 5.41) is 13.7. The molecule has 0 heterocycles. The van der Waals surface area contributed by atoms with E-state index in [1.165, 1.54) is 186 Å². The first kappa shape index (κ1) is 54.2. The van der Waals surface area contributed by atoms with E-state index in [0.717, 1.165) is 38.5 Å². The molecule has 0 fully saturated rings. The highest BCUT2D eigenvalue weighted by atomic mass is 31.2. The van der Waals surface area contributed by atoms with Crippen LogP contribution in [0.2, 0.25) is 0 Å². The van der Waals surface area contributed by atoms with E-state index >= 15 is 0 Å². The van der Waals surface area contributed by atoms with Crippen molar-refractivity contribution < 1.29 is 28.4 Å². The summed E-state index contributed by atoms with van der Waals surface area (Å²) in [5.41, 5.74) is 5.38. The molecular formula is C46H93N2O6P. The monoisotopic (exact) mass is 801 g/mol. The highest BCUT2D eigenvalue weighted by Crippen LogP contribution is 2.43. The third-order valence-corrected chi connectivity index (χ3v) is 11.8. The molecule has 1 unspecified atom stereocenters. The van der Waals surface area contributed by atoms with Crippen molar-refractivity contribution in [2.45, 2.75) is 257 Å². The molecule has 55 heavy (non-hydrogen) atoms. The quantitative estimate of drug-likeness (QED) is 0.0274. The van der Waals surface area contributed by atoms with Gasteiger partial charge in [0.2, 0.25) is 5.91 Å². The standard InChI is InChI=1S/C46H93N2O6P/c1-3-5-7-9-11-13-15-17-19-21-22-23-24-26-28-30-32-34-36-38-40-46(50)48-44(43-54-55(51,52)53-42-41-47)45(49)39-37-35-33-31-29-27-25-20-18-16-14-12-10-8-6-4-2/h37,39,44-45,49H,3-36,38,40-43,47H2,1-2H3,(H,48,50)(H,51,52)/b39-37+/t44-,45+/m0/s1. The zero-order valence-corrected chi connectivity index (χ0v) is 37.3. The molecule has 8 nitrogen and oxygen atoms in total. The van der Waals surface area contributed by atoms with E-state index in [2.05, 4.69) is 19.2 Å². The molecule has 0 aliphatic heterocycles. The van der Waals surface area contributed by atoms with Crippen molar-refractivity contribution in [1.29, 1.82) is 0 Å². The van der Waals surface area contributed by atoms with Crippen LogP contribution in [0.15, 0.2) is 12.2 Å². The Morgan fingerprint density at radius 3 is 1.29 bits per heavy atom. The van der Waals surface area contributed by atoms with Gasteiger partial charge in [-0.15, -0.1) is 0 Å². The second-order valence-corrected chi connectivity index (χ2v) is 17.8. The number of rotatable bonds is 45. The number of aliphatic hydroxyl groups excluding tert-OH is 1. The fraction of sp³-hybridized carbons (Fsp3) is 0.935. The van der Waals surface area contributed by atoms with Crippen LogP contribution in [0.3, 0.4) is 0 Å². The van der Waals surface area contributed by atoms with E-state index < -0.39 is 20.0 Å². The van der Waals surface area contributed by atoms with Crippen molar-refractivity contribution in [2.24, 2.45) is 5.73 Å². The topological polar surface area (TPSA) is 131 Å². The summed E-state index contributed by atoms with van der Waals surface area (Å²) in [6.45, 7) is 4.17. The van der Waals surface area contributed by atoms with Crippen LogP contribution in [0.1, 0.15) is 245 Å². The van der Waals surface area contributed by atoms with E-state index in [0.29, 0.717) is 6.42 Å². The summed E-state index contributed by atoms with van der Waals surface area (Å²) >= 11 is 0. The molecule has 0 aliphatic carbocycles. The third-order valence-electron chi connectivity index (χ3n) is 10.9. The maximum Gasteiger partial charge on any atom is 0.472 e. The highest BCUT2D eigenvalue weighted by molar-refractivity contribution is 7.47. The van der Waals surface area contributed by atoms with Gasteiger partial charge in [0, 0.05) is 13.0 Å². The molecule has 0 rings (SSSR count). The van der Waals surface area contributed by atoms with Crippen LogP contribution in [0, 0.1) is 0 Å². The smallest absolute Gasteiger partial charge is 0.387 e. The summed E-state index contributed by atoms with van der Waals surface area (Å²) < 4.78 is 22.2. The Morgan fingerprint density at radius 1 is 0.582 bits per heavy atom. The van der Waals surface area contributed by atoms with Crippen LogP contribution in [-0.2, 0) is 18.4 Å². The predicted molar refractivity (Wildman–Crippen MR) is 235 cm³/mol. The molecule has 5 N–H and O–H groups in total. The zero-order valence-electron chi connectivity index (χ0n) is 36.4. The van der Waals surface area contributed by atoms with E-state index in [1.807, 2.05) is 6.08 Å². The van der Waals surface area contributed by atoms with Crippen molar-refractivity contribution in [3.63, 3.8) is 0 Å². The SMILES string of the molecule is CCCCCCCCCCCCCCCC/C=C/[C@@H](O)[C@H](COP(=O)(O)OCCN)NC(=O)CCCCCCCCCCCCCCCCCCCCCC. The van der Waals surface area contributed by atoms with E-state index in [4.69, 9.17) is 14.8 Å². The number of hydrogen-bond acceptors (Lipinski definition) is 6. The number of allylic oxidation sites excluding steroid dienone is 1. The van der Waals surface area contributed by atoms with Crippen molar-refractivity contribution in [3.8, 4) is 0 Å². The van der Waals surface area contributed by atoms with E-state index in [-0.39, 0.29) is 25.7 Å². The fourth-order valence-corrected chi connectivity index (χ4v) is 8.01. The van der Waals surface area contributed by atoms with Gasteiger partial charge in [-0.25, -0.2) is 4.57 Å². The highest BCUT2D eigenvalue weighted by Gasteiger charge is 2.26. The molecule has 0 aromatic heterocycles. The number of carbonyl (C=O) groups excluding carboxylic acids is 1. The van der Waals surface area contributed by atoms with Gasteiger partial charge in [-0.2, -0.15) is 0 Å². The molecule has 3 atom stereocenters. The summed E-state index contributed by atoms with van der Waals surface area (Å²) in [4.78, 5) is 22.8. The van der Waals surface area contributed by atoms with Gasteiger partial charge in [0.15, 0.2) is 0 Å². The number of phosphoric ester groups is 1. The first-order valence-corrected chi connectivity index (χ1v) is 25.3. The molecule has 328 valence electrons. The minimum Gasteiger partial charge on any atom is -0.387 e. The Bertz CT molecular complexity index is 875. The Balaban J connectivity index is 4.10. The lowest BCUT2D eigenvalue weighted by molar-refractivity contribution is -0.123. The lowest BCUT2D eigenvalue weighted by Gasteiger charge is -2.23. The lowest BCUT2D eigenvalue weighted by Crippen LogP contribution is -2.45.